The second-order valence-electron chi connectivity index (χ2n) is 3.76. The highest BCUT2D eigenvalue weighted by molar-refractivity contribution is 5.91. The van der Waals surface area contributed by atoms with Gasteiger partial charge in [-0.1, -0.05) is 6.92 Å². The lowest BCUT2D eigenvalue weighted by molar-refractivity contribution is -0.116. The molecule has 4 nitrogen and oxygen atoms in total. The fraction of sp³-hybridized carbons (Fsp3) is 0.417. The van der Waals surface area contributed by atoms with Crippen molar-refractivity contribution < 1.29 is 9.21 Å². The van der Waals surface area contributed by atoms with Gasteiger partial charge in [-0.3, -0.25) is 4.79 Å². The Morgan fingerprint density at radius 2 is 2.38 bits per heavy atom. The van der Waals surface area contributed by atoms with E-state index in [9.17, 15) is 4.79 Å². The molecule has 0 spiro atoms. The second kappa shape index (κ2) is 6.85. The normalized spacial score (nSPS) is 12.9. The SMILES string of the molecule is CNCC(C)CNC(=O)/C=C/c1ccco1. The maximum absolute atomic E-state index is 11.4. The summed E-state index contributed by atoms with van der Waals surface area (Å²) in [6.45, 7) is 3.64. The Morgan fingerprint density at radius 3 is 3.00 bits per heavy atom. The molecular weight excluding hydrogens is 204 g/mol. The molecule has 1 unspecified atom stereocenters. The predicted octanol–water partition coefficient (Wildman–Crippen LogP) is 1.26. The van der Waals surface area contributed by atoms with E-state index in [-0.39, 0.29) is 5.91 Å². The Hall–Kier alpha value is -1.55. The Morgan fingerprint density at radius 1 is 1.56 bits per heavy atom. The average Bonchev–Trinajstić information content (AvgIpc) is 2.77. The van der Waals surface area contributed by atoms with Gasteiger partial charge in [0.15, 0.2) is 0 Å². The van der Waals surface area contributed by atoms with Gasteiger partial charge in [-0.25, -0.2) is 0 Å². The van der Waals surface area contributed by atoms with Crippen LogP contribution in [0.3, 0.4) is 0 Å². The summed E-state index contributed by atoms with van der Waals surface area (Å²) < 4.78 is 5.07. The first-order valence-electron chi connectivity index (χ1n) is 5.36. The molecule has 1 aromatic rings. The first-order chi connectivity index (χ1) is 7.72. The highest BCUT2D eigenvalue weighted by Crippen LogP contribution is 2.01. The standard InChI is InChI=1S/C12H18N2O2/c1-10(8-13-2)9-14-12(15)6-5-11-4-3-7-16-11/h3-7,10,13H,8-9H2,1-2H3,(H,14,15)/b6-5+. The summed E-state index contributed by atoms with van der Waals surface area (Å²) in [6.07, 6.45) is 4.70. The molecule has 0 aliphatic heterocycles. The molecule has 0 fully saturated rings. The molecule has 0 saturated carbocycles. The van der Waals surface area contributed by atoms with Gasteiger partial charge < -0.3 is 15.1 Å². The Balaban J connectivity index is 2.26. The van der Waals surface area contributed by atoms with Gasteiger partial charge in [0.1, 0.15) is 5.76 Å². The van der Waals surface area contributed by atoms with Crippen molar-refractivity contribution >= 4 is 12.0 Å². The molecule has 0 bridgehead atoms. The molecular formula is C12H18N2O2. The maximum Gasteiger partial charge on any atom is 0.244 e. The van der Waals surface area contributed by atoms with Gasteiger partial charge in [0.05, 0.1) is 6.26 Å². The fourth-order valence-corrected chi connectivity index (χ4v) is 1.30. The third-order valence-electron chi connectivity index (χ3n) is 2.12. The number of amides is 1. The van der Waals surface area contributed by atoms with Gasteiger partial charge >= 0.3 is 0 Å². The molecule has 0 saturated heterocycles. The van der Waals surface area contributed by atoms with E-state index in [1.807, 2.05) is 7.05 Å². The summed E-state index contributed by atoms with van der Waals surface area (Å²) in [4.78, 5) is 11.4. The van der Waals surface area contributed by atoms with E-state index in [4.69, 9.17) is 4.42 Å². The van der Waals surface area contributed by atoms with E-state index >= 15 is 0 Å². The van der Waals surface area contributed by atoms with Crippen LogP contribution in [0.2, 0.25) is 0 Å². The van der Waals surface area contributed by atoms with E-state index in [1.54, 1.807) is 24.5 Å². The van der Waals surface area contributed by atoms with Crippen LogP contribution in [0.15, 0.2) is 28.9 Å². The van der Waals surface area contributed by atoms with Crippen molar-refractivity contribution in [1.29, 1.82) is 0 Å². The van der Waals surface area contributed by atoms with Crippen LogP contribution in [0, 0.1) is 5.92 Å². The average molecular weight is 222 g/mol. The summed E-state index contributed by atoms with van der Waals surface area (Å²) in [5.74, 6) is 1.00. The van der Waals surface area contributed by atoms with E-state index in [0.29, 0.717) is 18.2 Å². The molecule has 1 rings (SSSR count). The summed E-state index contributed by atoms with van der Waals surface area (Å²) in [6, 6.07) is 3.58. The van der Waals surface area contributed by atoms with Gasteiger partial charge in [0.25, 0.3) is 0 Å². The molecule has 0 aliphatic carbocycles. The Labute approximate surface area is 95.7 Å². The number of hydrogen-bond donors (Lipinski definition) is 2. The van der Waals surface area contributed by atoms with Crippen molar-refractivity contribution in [3.05, 3.63) is 30.2 Å². The summed E-state index contributed by atoms with van der Waals surface area (Å²) in [5.41, 5.74) is 0. The molecule has 2 N–H and O–H groups in total. The quantitative estimate of drug-likeness (QED) is 0.713. The number of nitrogens with one attached hydrogen (secondary N) is 2. The van der Waals surface area contributed by atoms with Crippen LogP contribution in [0.4, 0.5) is 0 Å². The smallest absolute Gasteiger partial charge is 0.244 e. The highest BCUT2D eigenvalue weighted by atomic mass is 16.3. The number of carbonyl (C=O) groups excluding carboxylic acids is 1. The number of carbonyl (C=O) groups is 1. The molecule has 88 valence electrons. The van der Waals surface area contributed by atoms with Crippen molar-refractivity contribution in [2.24, 2.45) is 5.92 Å². The van der Waals surface area contributed by atoms with Crippen molar-refractivity contribution in [1.82, 2.24) is 10.6 Å². The Kier molecular flexibility index (Phi) is 5.36. The lowest BCUT2D eigenvalue weighted by atomic mass is 10.2. The van der Waals surface area contributed by atoms with Gasteiger partial charge in [-0.2, -0.15) is 0 Å². The van der Waals surface area contributed by atoms with Crippen LogP contribution < -0.4 is 10.6 Å². The minimum Gasteiger partial charge on any atom is -0.465 e. The zero-order valence-electron chi connectivity index (χ0n) is 9.69. The maximum atomic E-state index is 11.4. The van der Waals surface area contributed by atoms with Crippen molar-refractivity contribution in [2.45, 2.75) is 6.92 Å². The highest BCUT2D eigenvalue weighted by Gasteiger charge is 2.01. The van der Waals surface area contributed by atoms with Crippen LogP contribution in [0.5, 0.6) is 0 Å². The van der Waals surface area contributed by atoms with Gasteiger partial charge in [-0.15, -0.1) is 0 Å². The zero-order chi connectivity index (χ0) is 11.8. The van der Waals surface area contributed by atoms with Crippen LogP contribution >= 0.6 is 0 Å². The van der Waals surface area contributed by atoms with Crippen LogP contribution in [-0.2, 0) is 4.79 Å². The molecule has 0 aliphatic rings. The molecule has 1 heterocycles. The molecule has 16 heavy (non-hydrogen) atoms. The monoisotopic (exact) mass is 222 g/mol. The Bertz CT molecular complexity index is 331. The fourth-order valence-electron chi connectivity index (χ4n) is 1.30. The molecule has 4 heteroatoms. The third-order valence-corrected chi connectivity index (χ3v) is 2.12. The molecule has 1 atom stereocenters. The van der Waals surface area contributed by atoms with E-state index in [1.165, 1.54) is 6.08 Å². The molecule has 0 aromatic carbocycles. The third kappa shape index (κ3) is 4.79. The topological polar surface area (TPSA) is 54.3 Å². The summed E-state index contributed by atoms with van der Waals surface area (Å²) >= 11 is 0. The number of rotatable bonds is 6. The first-order valence-corrected chi connectivity index (χ1v) is 5.36. The lowest BCUT2D eigenvalue weighted by Gasteiger charge is -2.10. The molecule has 0 radical (unpaired) electrons. The minimum atomic E-state index is -0.0978. The van der Waals surface area contributed by atoms with Crippen molar-refractivity contribution in [2.75, 3.05) is 20.1 Å². The summed E-state index contributed by atoms with van der Waals surface area (Å²) in [7, 11) is 1.90. The lowest BCUT2D eigenvalue weighted by Crippen LogP contribution is -2.31. The van der Waals surface area contributed by atoms with E-state index < -0.39 is 0 Å². The van der Waals surface area contributed by atoms with Crippen LogP contribution in [-0.4, -0.2) is 26.0 Å². The zero-order valence-corrected chi connectivity index (χ0v) is 9.69. The van der Waals surface area contributed by atoms with Gasteiger partial charge in [-0.05, 0) is 37.7 Å². The second-order valence-corrected chi connectivity index (χ2v) is 3.76. The predicted molar refractivity (Wildman–Crippen MR) is 63.8 cm³/mol. The van der Waals surface area contributed by atoms with E-state index in [0.717, 1.165) is 6.54 Å². The number of furan rings is 1. The number of hydrogen-bond acceptors (Lipinski definition) is 3. The van der Waals surface area contributed by atoms with Crippen LogP contribution in [0.25, 0.3) is 6.08 Å². The minimum absolute atomic E-state index is 0.0978. The van der Waals surface area contributed by atoms with Crippen LogP contribution in [0.1, 0.15) is 12.7 Å². The van der Waals surface area contributed by atoms with Crippen molar-refractivity contribution in [3.63, 3.8) is 0 Å². The summed E-state index contributed by atoms with van der Waals surface area (Å²) in [5, 5.41) is 5.88. The van der Waals surface area contributed by atoms with Gasteiger partial charge in [0, 0.05) is 12.6 Å². The van der Waals surface area contributed by atoms with Crippen molar-refractivity contribution in [3.8, 4) is 0 Å². The van der Waals surface area contributed by atoms with Gasteiger partial charge in [0.2, 0.25) is 5.91 Å². The first kappa shape index (κ1) is 12.5. The molecule has 1 amide bonds. The molecule has 1 aromatic heterocycles. The van der Waals surface area contributed by atoms with E-state index in [2.05, 4.69) is 17.6 Å². The largest absolute Gasteiger partial charge is 0.465 e.